The van der Waals surface area contributed by atoms with Crippen molar-refractivity contribution in [2.24, 2.45) is 4.99 Å². The normalized spacial score (nSPS) is 12.3. The van der Waals surface area contributed by atoms with Gasteiger partial charge in [0.1, 0.15) is 0 Å². The molecule has 1 aromatic carbocycles. The Morgan fingerprint density at radius 2 is 1.82 bits per heavy atom. The van der Waals surface area contributed by atoms with E-state index in [2.05, 4.69) is 72.9 Å². The number of guanidine groups is 1. The van der Waals surface area contributed by atoms with Crippen LogP contribution in [-0.2, 0) is 0 Å². The molecule has 0 saturated carbocycles. The van der Waals surface area contributed by atoms with Crippen molar-refractivity contribution in [3.63, 3.8) is 0 Å². The number of hydrogen-bond acceptors (Lipinski definition) is 3. The molecule has 3 N–H and O–H groups in total. The predicted octanol–water partition coefficient (Wildman–Crippen LogP) is 2.72. The van der Waals surface area contributed by atoms with Gasteiger partial charge in [0.05, 0.1) is 6.54 Å². The van der Waals surface area contributed by atoms with E-state index >= 15 is 0 Å². The maximum absolute atomic E-state index is 4.58. The van der Waals surface area contributed by atoms with Gasteiger partial charge in [-0.2, -0.15) is 0 Å². The highest BCUT2D eigenvalue weighted by molar-refractivity contribution is 7.99. The first kappa shape index (κ1) is 18.8. The summed E-state index contributed by atoms with van der Waals surface area (Å²) in [6, 6.07) is 10.5. The molecular formula is C17H30N4S. The predicted molar refractivity (Wildman–Crippen MR) is 98.9 cm³/mol. The van der Waals surface area contributed by atoms with E-state index in [0.29, 0.717) is 0 Å². The van der Waals surface area contributed by atoms with Crippen molar-refractivity contribution in [3.05, 3.63) is 30.3 Å². The summed E-state index contributed by atoms with van der Waals surface area (Å²) in [6.07, 6.45) is 0. The number of aliphatic imine (C=N–C) groups is 1. The van der Waals surface area contributed by atoms with E-state index in [1.165, 1.54) is 4.90 Å². The van der Waals surface area contributed by atoms with Gasteiger partial charge < -0.3 is 16.0 Å². The van der Waals surface area contributed by atoms with Crippen molar-refractivity contribution >= 4 is 17.7 Å². The van der Waals surface area contributed by atoms with Crippen LogP contribution in [0.15, 0.2) is 40.2 Å². The van der Waals surface area contributed by atoms with Crippen LogP contribution < -0.4 is 16.0 Å². The monoisotopic (exact) mass is 322 g/mol. The smallest absolute Gasteiger partial charge is 0.191 e. The molecule has 0 aromatic heterocycles. The van der Waals surface area contributed by atoms with Crippen molar-refractivity contribution in [1.29, 1.82) is 0 Å². The fourth-order valence-electron chi connectivity index (χ4n) is 1.80. The fraction of sp³-hybridized carbons (Fsp3) is 0.588. The molecule has 124 valence electrons. The third-order valence-corrected chi connectivity index (χ3v) is 3.80. The first-order chi connectivity index (χ1) is 10.5. The number of hydrogen-bond donors (Lipinski definition) is 3. The summed E-state index contributed by atoms with van der Waals surface area (Å²) < 4.78 is 0. The molecule has 22 heavy (non-hydrogen) atoms. The summed E-state index contributed by atoms with van der Waals surface area (Å²) in [5.41, 5.74) is 0.146. The van der Waals surface area contributed by atoms with E-state index in [1.54, 1.807) is 0 Å². The van der Waals surface area contributed by atoms with Crippen LogP contribution in [0.3, 0.4) is 0 Å². The number of thioether (sulfide) groups is 1. The maximum atomic E-state index is 4.58. The van der Waals surface area contributed by atoms with Gasteiger partial charge in [-0.25, -0.2) is 0 Å². The summed E-state index contributed by atoms with van der Waals surface area (Å²) in [5.74, 6) is 1.92. The van der Waals surface area contributed by atoms with E-state index in [4.69, 9.17) is 0 Å². The molecular weight excluding hydrogens is 292 g/mol. The van der Waals surface area contributed by atoms with E-state index < -0.39 is 0 Å². The van der Waals surface area contributed by atoms with Crippen molar-refractivity contribution in [1.82, 2.24) is 16.0 Å². The molecule has 0 bridgehead atoms. The lowest BCUT2D eigenvalue weighted by molar-refractivity contribution is 0.432. The molecule has 0 amide bonds. The fourth-order valence-corrected chi connectivity index (χ4v) is 2.58. The van der Waals surface area contributed by atoms with Crippen LogP contribution in [0, 0.1) is 0 Å². The zero-order valence-corrected chi connectivity index (χ0v) is 15.1. The molecule has 0 heterocycles. The Bertz CT molecular complexity index is 426. The highest BCUT2D eigenvalue weighted by Crippen LogP contribution is 2.15. The van der Waals surface area contributed by atoms with Gasteiger partial charge in [-0.05, 0) is 39.8 Å². The molecule has 0 spiro atoms. The summed E-state index contributed by atoms with van der Waals surface area (Å²) in [6.45, 7) is 12.0. The largest absolute Gasteiger partial charge is 0.357 e. The molecule has 0 atom stereocenters. The summed E-state index contributed by atoms with van der Waals surface area (Å²) >= 11 is 1.85. The average Bonchev–Trinajstić information content (AvgIpc) is 2.48. The molecule has 1 rings (SSSR count). The third kappa shape index (κ3) is 9.68. The van der Waals surface area contributed by atoms with E-state index in [1.807, 2.05) is 17.8 Å². The Morgan fingerprint density at radius 3 is 2.45 bits per heavy atom. The van der Waals surface area contributed by atoms with Crippen molar-refractivity contribution in [3.8, 4) is 0 Å². The minimum absolute atomic E-state index is 0.146. The molecule has 0 radical (unpaired) electrons. The number of benzene rings is 1. The third-order valence-electron chi connectivity index (χ3n) is 2.79. The second-order valence-electron chi connectivity index (χ2n) is 6.03. The number of nitrogens with one attached hydrogen (secondary N) is 3. The summed E-state index contributed by atoms with van der Waals surface area (Å²) in [4.78, 5) is 5.89. The van der Waals surface area contributed by atoms with Gasteiger partial charge in [0, 0.05) is 35.8 Å². The number of rotatable bonds is 8. The molecule has 4 nitrogen and oxygen atoms in total. The molecule has 0 aliphatic carbocycles. The number of nitrogens with zero attached hydrogens (tertiary/aromatic N) is 1. The molecule has 0 unspecified atom stereocenters. The van der Waals surface area contributed by atoms with Gasteiger partial charge in [0.15, 0.2) is 5.96 Å². The van der Waals surface area contributed by atoms with E-state index in [9.17, 15) is 0 Å². The quantitative estimate of drug-likeness (QED) is 0.298. The molecule has 1 aromatic rings. The Labute approximate surface area is 139 Å². The summed E-state index contributed by atoms with van der Waals surface area (Å²) in [5, 5.41) is 10.1. The van der Waals surface area contributed by atoms with Gasteiger partial charge in [-0.1, -0.05) is 18.2 Å². The van der Waals surface area contributed by atoms with Gasteiger partial charge in [-0.3, -0.25) is 4.99 Å². The second-order valence-corrected chi connectivity index (χ2v) is 7.19. The van der Waals surface area contributed by atoms with Crippen LogP contribution in [0.2, 0.25) is 0 Å². The van der Waals surface area contributed by atoms with E-state index in [0.717, 1.165) is 37.9 Å². The Hall–Kier alpha value is -1.20. The minimum atomic E-state index is 0.146. The van der Waals surface area contributed by atoms with Crippen molar-refractivity contribution in [2.45, 2.75) is 38.1 Å². The molecule has 0 saturated heterocycles. The lowest BCUT2D eigenvalue weighted by atomic mass is 10.1. The van der Waals surface area contributed by atoms with Crippen molar-refractivity contribution in [2.75, 3.05) is 31.9 Å². The van der Waals surface area contributed by atoms with Gasteiger partial charge in [-0.15, -0.1) is 11.8 Å². The zero-order chi connectivity index (χ0) is 16.3. The van der Waals surface area contributed by atoms with Crippen molar-refractivity contribution < 1.29 is 0 Å². The van der Waals surface area contributed by atoms with Gasteiger partial charge >= 0.3 is 0 Å². The van der Waals surface area contributed by atoms with Crippen LogP contribution in [0.1, 0.15) is 27.7 Å². The Balaban J connectivity index is 2.25. The standard InChI is InChI=1S/C17H30N4S/c1-5-18-16(19-11-12-21-17(2,3)4)20-13-14-22-15-9-7-6-8-10-15/h6-10,21H,5,11-14H2,1-4H3,(H2,18,19,20). The van der Waals surface area contributed by atoms with Crippen LogP contribution in [-0.4, -0.2) is 43.4 Å². The molecule has 0 aliphatic rings. The molecule has 0 fully saturated rings. The maximum Gasteiger partial charge on any atom is 0.191 e. The lowest BCUT2D eigenvalue weighted by Crippen LogP contribution is -2.40. The van der Waals surface area contributed by atoms with Gasteiger partial charge in [0.25, 0.3) is 0 Å². The van der Waals surface area contributed by atoms with Crippen LogP contribution >= 0.6 is 11.8 Å². The topological polar surface area (TPSA) is 48.5 Å². The first-order valence-corrected chi connectivity index (χ1v) is 8.95. The van der Waals surface area contributed by atoms with Crippen LogP contribution in [0.5, 0.6) is 0 Å². The first-order valence-electron chi connectivity index (χ1n) is 7.96. The van der Waals surface area contributed by atoms with Crippen LogP contribution in [0.4, 0.5) is 0 Å². The lowest BCUT2D eigenvalue weighted by Gasteiger charge is -2.20. The highest BCUT2D eigenvalue weighted by Gasteiger charge is 2.07. The van der Waals surface area contributed by atoms with E-state index in [-0.39, 0.29) is 5.54 Å². The minimum Gasteiger partial charge on any atom is -0.357 e. The molecule has 5 heteroatoms. The Morgan fingerprint density at radius 1 is 1.09 bits per heavy atom. The highest BCUT2D eigenvalue weighted by atomic mass is 32.2. The van der Waals surface area contributed by atoms with Gasteiger partial charge in [0.2, 0.25) is 0 Å². The Kier molecular flexibility index (Phi) is 9.01. The molecule has 0 aliphatic heterocycles. The SMILES string of the molecule is CCNC(=NCCNC(C)(C)C)NCCSc1ccccc1. The average molecular weight is 323 g/mol. The summed E-state index contributed by atoms with van der Waals surface area (Å²) in [7, 11) is 0. The van der Waals surface area contributed by atoms with Crippen LogP contribution in [0.25, 0.3) is 0 Å². The zero-order valence-electron chi connectivity index (χ0n) is 14.3. The second kappa shape index (κ2) is 10.5.